The van der Waals surface area contributed by atoms with Crippen LogP contribution in [0.1, 0.15) is 27.7 Å². The van der Waals surface area contributed by atoms with Gasteiger partial charge in [0.05, 0.1) is 10.6 Å². The van der Waals surface area contributed by atoms with Crippen molar-refractivity contribution >= 4 is 17.5 Å². The van der Waals surface area contributed by atoms with Crippen molar-refractivity contribution < 1.29 is 14.5 Å². The number of carbonyl (C=O) groups excluding carboxylic acids is 2. The van der Waals surface area contributed by atoms with Gasteiger partial charge in [0.25, 0.3) is 11.6 Å². The molecule has 0 fully saturated rings. The lowest BCUT2D eigenvalue weighted by molar-refractivity contribution is -0.384. The van der Waals surface area contributed by atoms with Gasteiger partial charge in [0.2, 0.25) is 5.91 Å². The lowest BCUT2D eigenvalue weighted by atomic mass is 10.1. The van der Waals surface area contributed by atoms with Crippen molar-refractivity contribution in [2.75, 3.05) is 7.05 Å². The Kier molecular flexibility index (Phi) is 6.49. The number of nitrogens with one attached hydrogen (secondary N) is 1. The van der Waals surface area contributed by atoms with Gasteiger partial charge in [-0.2, -0.15) is 0 Å². The molecule has 0 aliphatic heterocycles. The van der Waals surface area contributed by atoms with E-state index < -0.39 is 16.9 Å². The largest absolute Gasteiger partial charge is 0.357 e. The number of likely N-dealkylation sites (N-methyl/N-ethyl adjacent to an activating group) is 1. The van der Waals surface area contributed by atoms with E-state index in [0.29, 0.717) is 5.69 Å². The summed E-state index contributed by atoms with van der Waals surface area (Å²) in [5.74, 6) is -0.826. The molecule has 0 saturated heterocycles. The van der Waals surface area contributed by atoms with E-state index in [1.165, 1.54) is 36.2 Å². The lowest BCUT2D eigenvalue weighted by Crippen LogP contribution is -2.42. The second-order valence-electron chi connectivity index (χ2n) is 6.49. The highest BCUT2D eigenvalue weighted by Crippen LogP contribution is 2.25. The summed E-state index contributed by atoms with van der Waals surface area (Å²) in [5.41, 5.74) is 1.37. The first kappa shape index (κ1) is 20.7. The van der Waals surface area contributed by atoms with E-state index >= 15 is 0 Å². The molecule has 1 heterocycles. The van der Waals surface area contributed by atoms with Gasteiger partial charge in [-0.1, -0.05) is 36.4 Å². The van der Waals surface area contributed by atoms with E-state index in [2.05, 4.69) is 10.3 Å². The molecule has 0 bridgehead atoms. The molecular weight excluding hydrogens is 384 g/mol. The van der Waals surface area contributed by atoms with Crippen LogP contribution in [0, 0.1) is 10.1 Å². The van der Waals surface area contributed by atoms with Crippen LogP contribution in [0.25, 0.3) is 0 Å². The normalized spacial score (nSPS) is 11.4. The zero-order chi connectivity index (χ0) is 21.5. The van der Waals surface area contributed by atoms with Gasteiger partial charge in [-0.15, -0.1) is 0 Å². The predicted molar refractivity (Wildman–Crippen MR) is 110 cm³/mol. The Labute approximate surface area is 173 Å². The molecule has 0 spiro atoms. The minimum atomic E-state index is -0.973. The summed E-state index contributed by atoms with van der Waals surface area (Å²) in [6.45, 7) is 0.158. The first-order valence-electron chi connectivity index (χ1n) is 9.23. The molecule has 1 N–H and O–H groups in total. The van der Waals surface area contributed by atoms with Crippen LogP contribution < -0.4 is 5.32 Å². The monoisotopic (exact) mass is 404 g/mol. The second-order valence-corrected chi connectivity index (χ2v) is 6.49. The van der Waals surface area contributed by atoms with Gasteiger partial charge in [0.15, 0.2) is 6.04 Å². The van der Waals surface area contributed by atoms with E-state index in [1.807, 2.05) is 30.3 Å². The highest BCUT2D eigenvalue weighted by Gasteiger charge is 2.32. The van der Waals surface area contributed by atoms with Gasteiger partial charge in [0, 0.05) is 37.5 Å². The molecule has 3 rings (SSSR count). The number of nitro benzene ring substituents is 1. The molecule has 0 aliphatic rings. The third-order valence-electron chi connectivity index (χ3n) is 4.56. The van der Waals surface area contributed by atoms with Crippen LogP contribution in [0.4, 0.5) is 5.69 Å². The lowest BCUT2D eigenvalue weighted by Gasteiger charge is -2.30. The summed E-state index contributed by atoms with van der Waals surface area (Å²) in [4.78, 5) is 42.3. The molecule has 8 heteroatoms. The molecule has 0 radical (unpaired) electrons. The highest BCUT2D eigenvalue weighted by atomic mass is 16.6. The van der Waals surface area contributed by atoms with Crippen LogP contribution in [-0.2, 0) is 11.3 Å². The van der Waals surface area contributed by atoms with Gasteiger partial charge in [-0.3, -0.25) is 24.7 Å². The zero-order valence-electron chi connectivity index (χ0n) is 16.3. The van der Waals surface area contributed by atoms with Crippen molar-refractivity contribution in [3.63, 3.8) is 0 Å². The highest BCUT2D eigenvalue weighted by molar-refractivity contribution is 5.98. The summed E-state index contributed by atoms with van der Waals surface area (Å²) in [7, 11) is 1.50. The summed E-state index contributed by atoms with van der Waals surface area (Å²) < 4.78 is 0. The molecule has 3 aromatic rings. The second kappa shape index (κ2) is 9.42. The molecule has 152 valence electrons. The predicted octanol–water partition coefficient (Wildman–Crippen LogP) is 3.12. The van der Waals surface area contributed by atoms with Gasteiger partial charge >= 0.3 is 0 Å². The summed E-state index contributed by atoms with van der Waals surface area (Å²) >= 11 is 0. The van der Waals surface area contributed by atoms with Crippen LogP contribution >= 0.6 is 0 Å². The maximum atomic E-state index is 13.4. The topological polar surface area (TPSA) is 105 Å². The Balaban J connectivity index is 2.05. The number of non-ortho nitro benzene ring substituents is 1. The number of hydrogen-bond donors (Lipinski definition) is 1. The summed E-state index contributed by atoms with van der Waals surface area (Å²) in [6.07, 6.45) is 1.56. The Morgan fingerprint density at radius 1 is 1.03 bits per heavy atom. The molecule has 1 unspecified atom stereocenters. The van der Waals surface area contributed by atoms with Crippen molar-refractivity contribution in [3.05, 3.63) is 106 Å². The third kappa shape index (κ3) is 4.67. The van der Waals surface area contributed by atoms with Crippen molar-refractivity contribution in [3.8, 4) is 0 Å². The molecule has 2 amide bonds. The first-order chi connectivity index (χ1) is 14.5. The molecule has 0 saturated carbocycles. The van der Waals surface area contributed by atoms with Crippen LogP contribution in [-0.4, -0.2) is 33.7 Å². The van der Waals surface area contributed by atoms with Crippen LogP contribution in [0.2, 0.25) is 0 Å². The molecular formula is C22H20N4O4. The Bertz CT molecular complexity index is 1020. The fourth-order valence-corrected chi connectivity index (χ4v) is 3.06. The van der Waals surface area contributed by atoms with E-state index in [4.69, 9.17) is 0 Å². The SMILES string of the molecule is CNC(=O)C(c1ccccn1)N(Cc1ccccc1)C(=O)c1ccc([N+](=O)[O-])cc1. The number of nitrogens with zero attached hydrogens (tertiary/aromatic N) is 3. The van der Waals surface area contributed by atoms with Crippen LogP contribution in [0.3, 0.4) is 0 Å². The van der Waals surface area contributed by atoms with Crippen molar-refractivity contribution in [2.45, 2.75) is 12.6 Å². The summed E-state index contributed by atoms with van der Waals surface area (Å²) in [5, 5.41) is 13.5. The Morgan fingerprint density at radius 3 is 2.27 bits per heavy atom. The third-order valence-corrected chi connectivity index (χ3v) is 4.56. The van der Waals surface area contributed by atoms with Crippen LogP contribution in [0.15, 0.2) is 79.0 Å². The van der Waals surface area contributed by atoms with Gasteiger partial charge in [-0.25, -0.2) is 0 Å². The number of carbonyl (C=O) groups is 2. The number of pyridine rings is 1. The smallest absolute Gasteiger partial charge is 0.269 e. The number of hydrogen-bond acceptors (Lipinski definition) is 5. The van der Waals surface area contributed by atoms with Crippen LogP contribution in [0.5, 0.6) is 0 Å². The molecule has 2 aromatic carbocycles. The van der Waals surface area contributed by atoms with Gasteiger partial charge in [-0.05, 0) is 29.8 Å². The number of aromatic nitrogens is 1. The number of amides is 2. The fraction of sp³-hybridized carbons (Fsp3) is 0.136. The molecule has 30 heavy (non-hydrogen) atoms. The maximum absolute atomic E-state index is 13.4. The molecule has 1 aromatic heterocycles. The fourth-order valence-electron chi connectivity index (χ4n) is 3.06. The average molecular weight is 404 g/mol. The zero-order valence-corrected chi connectivity index (χ0v) is 16.3. The van der Waals surface area contributed by atoms with Gasteiger partial charge in [0.1, 0.15) is 0 Å². The van der Waals surface area contributed by atoms with E-state index in [9.17, 15) is 19.7 Å². The van der Waals surface area contributed by atoms with Gasteiger partial charge < -0.3 is 10.2 Å². The standard InChI is InChI=1S/C22H20N4O4/c1-23-21(27)20(19-9-5-6-14-24-19)25(15-16-7-3-2-4-8-16)22(28)17-10-12-18(13-11-17)26(29)30/h2-14,20H,15H2,1H3,(H,23,27). The maximum Gasteiger partial charge on any atom is 0.269 e. The molecule has 0 aliphatic carbocycles. The van der Waals surface area contributed by atoms with E-state index in [-0.39, 0.29) is 23.7 Å². The molecule has 8 nitrogen and oxygen atoms in total. The Hall–Kier alpha value is -4.07. The van der Waals surface area contributed by atoms with E-state index in [0.717, 1.165) is 5.56 Å². The number of rotatable bonds is 7. The average Bonchev–Trinajstić information content (AvgIpc) is 2.79. The Morgan fingerprint density at radius 2 is 1.70 bits per heavy atom. The van der Waals surface area contributed by atoms with Crippen molar-refractivity contribution in [1.82, 2.24) is 15.2 Å². The minimum absolute atomic E-state index is 0.117. The quantitative estimate of drug-likeness (QED) is 0.481. The van der Waals surface area contributed by atoms with Crippen molar-refractivity contribution in [1.29, 1.82) is 0 Å². The number of benzene rings is 2. The van der Waals surface area contributed by atoms with E-state index in [1.54, 1.807) is 24.4 Å². The first-order valence-corrected chi connectivity index (χ1v) is 9.23. The van der Waals surface area contributed by atoms with Crippen molar-refractivity contribution in [2.24, 2.45) is 0 Å². The molecule has 1 atom stereocenters. The number of nitro groups is 1. The summed E-state index contributed by atoms with van der Waals surface area (Å²) in [6, 6.07) is 18.8. The minimum Gasteiger partial charge on any atom is -0.357 e.